The van der Waals surface area contributed by atoms with Crippen molar-refractivity contribution in [2.75, 3.05) is 32.0 Å². The maximum Gasteiger partial charge on any atom is 0.254 e. The fraction of sp³-hybridized carbons (Fsp3) is 0.200. The molecule has 3 aromatic carbocycles. The average molecular weight is 515 g/mol. The number of hydrogen-bond donors (Lipinski definition) is 1. The topological polar surface area (TPSA) is 85.8 Å². The third-order valence-electron chi connectivity index (χ3n) is 6.40. The number of ether oxygens (including phenoxy) is 1. The van der Waals surface area contributed by atoms with E-state index in [0.717, 1.165) is 22.1 Å². The summed E-state index contributed by atoms with van der Waals surface area (Å²) >= 11 is 6.55. The van der Waals surface area contributed by atoms with Crippen molar-refractivity contribution in [3.05, 3.63) is 94.7 Å². The molecule has 0 atom stereocenters. The highest BCUT2D eigenvalue weighted by Crippen LogP contribution is 2.33. The number of aryl methyl sites for hydroxylation is 1. The lowest BCUT2D eigenvalue weighted by atomic mass is 10.0. The molecule has 1 fully saturated rings. The van der Waals surface area contributed by atoms with Crippen molar-refractivity contribution in [2.24, 2.45) is 0 Å². The molecule has 0 radical (unpaired) electrons. The zero-order chi connectivity index (χ0) is 25.8. The van der Waals surface area contributed by atoms with Gasteiger partial charge in [0.1, 0.15) is 5.76 Å². The average Bonchev–Trinajstić information content (AvgIpc) is 3.35. The Kier molecular flexibility index (Phi) is 7.40. The van der Waals surface area contributed by atoms with Crippen LogP contribution in [0.5, 0.6) is 0 Å². The number of benzene rings is 3. The number of nitrogens with two attached hydrogens (primary N) is 1. The molecule has 0 saturated carbocycles. The van der Waals surface area contributed by atoms with Crippen LogP contribution < -0.4 is 5.73 Å². The van der Waals surface area contributed by atoms with Crippen molar-refractivity contribution in [3.8, 4) is 11.1 Å². The lowest BCUT2D eigenvalue weighted by Crippen LogP contribution is -2.40. The molecule has 0 bridgehead atoms. The van der Waals surface area contributed by atoms with Crippen LogP contribution in [-0.4, -0.2) is 42.9 Å². The highest BCUT2D eigenvalue weighted by atomic mass is 35.5. The molecule has 1 amide bonds. The maximum atomic E-state index is 12.7. The van der Waals surface area contributed by atoms with E-state index in [1.165, 1.54) is 0 Å². The Labute approximate surface area is 220 Å². The summed E-state index contributed by atoms with van der Waals surface area (Å²) < 4.78 is 11.3. The third-order valence-corrected chi connectivity index (χ3v) is 6.68. The van der Waals surface area contributed by atoms with Crippen molar-refractivity contribution in [3.63, 3.8) is 0 Å². The minimum absolute atomic E-state index is 0.00998. The van der Waals surface area contributed by atoms with Crippen molar-refractivity contribution < 1.29 is 18.7 Å². The van der Waals surface area contributed by atoms with Gasteiger partial charge in [0.05, 0.1) is 18.2 Å². The minimum atomic E-state index is 0.00998. The van der Waals surface area contributed by atoms with Gasteiger partial charge >= 0.3 is 0 Å². The van der Waals surface area contributed by atoms with E-state index in [2.05, 4.69) is 0 Å². The Balaban J connectivity index is 1.26. The smallest absolute Gasteiger partial charge is 0.254 e. The SMILES string of the molecule is Nc1ccc(/C=C/C(=O)CCc2cc3cc(-c4ccc(C(=O)N5CCOCC5)cc4)cc(Cl)c3o2)cc1. The number of morpholine rings is 1. The summed E-state index contributed by atoms with van der Waals surface area (Å²) in [7, 11) is 0. The van der Waals surface area contributed by atoms with Gasteiger partial charge in [0.2, 0.25) is 0 Å². The van der Waals surface area contributed by atoms with Crippen LogP contribution in [0.3, 0.4) is 0 Å². The van der Waals surface area contributed by atoms with Gasteiger partial charge in [-0.1, -0.05) is 41.9 Å². The van der Waals surface area contributed by atoms with Crippen LogP contribution in [0.25, 0.3) is 28.2 Å². The first-order chi connectivity index (χ1) is 18.0. The lowest BCUT2D eigenvalue weighted by Gasteiger charge is -2.26. The van der Waals surface area contributed by atoms with Crippen molar-refractivity contribution in [1.82, 2.24) is 4.90 Å². The van der Waals surface area contributed by atoms with E-state index in [-0.39, 0.29) is 11.7 Å². The van der Waals surface area contributed by atoms with Crippen LogP contribution in [-0.2, 0) is 16.0 Å². The highest BCUT2D eigenvalue weighted by Gasteiger charge is 2.18. The van der Waals surface area contributed by atoms with E-state index in [4.69, 9.17) is 26.5 Å². The number of ketones is 1. The Morgan fingerprint density at radius 2 is 1.68 bits per heavy atom. The molecule has 5 rings (SSSR count). The molecule has 1 saturated heterocycles. The molecule has 7 heteroatoms. The number of amides is 1. The number of halogens is 1. The normalized spacial score (nSPS) is 13.9. The molecular weight excluding hydrogens is 488 g/mol. The molecular formula is C30H27ClN2O4. The van der Waals surface area contributed by atoms with E-state index in [9.17, 15) is 9.59 Å². The summed E-state index contributed by atoms with van der Waals surface area (Å²) in [6.45, 7) is 2.37. The number of rotatable bonds is 7. The zero-order valence-corrected chi connectivity index (χ0v) is 21.0. The number of carbonyl (C=O) groups is 2. The molecule has 0 aliphatic carbocycles. The first-order valence-corrected chi connectivity index (χ1v) is 12.6. The second kappa shape index (κ2) is 11.0. The number of furan rings is 1. The molecule has 37 heavy (non-hydrogen) atoms. The summed E-state index contributed by atoms with van der Waals surface area (Å²) in [6, 6.07) is 20.7. The molecule has 4 aromatic rings. The van der Waals surface area contributed by atoms with Gasteiger partial charge in [0.15, 0.2) is 11.4 Å². The first kappa shape index (κ1) is 24.8. The van der Waals surface area contributed by atoms with Gasteiger partial charge in [0, 0.05) is 42.6 Å². The Hall–Kier alpha value is -3.87. The van der Waals surface area contributed by atoms with E-state index in [1.807, 2.05) is 59.5 Å². The summed E-state index contributed by atoms with van der Waals surface area (Å²) in [5.41, 5.74) is 10.4. The number of hydrogen-bond acceptors (Lipinski definition) is 5. The van der Waals surface area contributed by atoms with Gasteiger partial charge in [-0.2, -0.15) is 0 Å². The zero-order valence-electron chi connectivity index (χ0n) is 20.3. The number of nitrogen functional groups attached to an aromatic ring is 1. The van der Waals surface area contributed by atoms with Crippen LogP contribution in [0.1, 0.15) is 28.1 Å². The summed E-state index contributed by atoms with van der Waals surface area (Å²) in [5, 5.41) is 1.37. The van der Waals surface area contributed by atoms with Crippen LogP contribution >= 0.6 is 11.6 Å². The van der Waals surface area contributed by atoms with Gasteiger partial charge in [-0.3, -0.25) is 9.59 Å². The predicted octanol–water partition coefficient (Wildman–Crippen LogP) is 6.02. The molecule has 0 spiro atoms. The van der Waals surface area contributed by atoms with Gasteiger partial charge in [-0.05, 0) is 65.2 Å². The number of anilines is 1. The molecule has 1 aromatic heterocycles. The second-order valence-electron chi connectivity index (χ2n) is 9.04. The van der Waals surface area contributed by atoms with Crippen molar-refractivity contribution in [1.29, 1.82) is 0 Å². The van der Waals surface area contributed by atoms with Gasteiger partial charge in [-0.25, -0.2) is 0 Å². The third kappa shape index (κ3) is 5.93. The largest absolute Gasteiger partial charge is 0.459 e. The van der Waals surface area contributed by atoms with E-state index in [0.29, 0.717) is 66.8 Å². The van der Waals surface area contributed by atoms with Crippen LogP contribution in [0.2, 0.25) is 5.02 Å². The van der Waals surface area contributed by atoms with E-state index >= 15 is 0 Å². The van der Waals surface area contributed by atoms with E-state index in [1.54, 1.807) is 24.3 Å². The summed E-state index contributed by atoms with van der Waals surface area (Å²) in [4.78, 5) is 26.9. The number of carbonyl (C=O) groups excluding carboxylic acids is 2. The van der Waals surface area contributed by atoms with Gasteiger partial charge in [-0.15, -0.1) is 0 Å². The Morgan fingerprint density at radius 1 is 0.946 bits per heavy atom. The molecule has 2 heterocycles. The standard InChI is InChI=1S/C30H27ClN2O4/c31-28-19-23(21-4-6-22(7-5-21)30(35)33-13-15-36-16-14-33)17-24-18-27(37-29(24)28)12-11-26(34)10-3-20-1-8-25(32)9-2-20/h1-10,17-19H,11-16,32H2/b10-3+. The van der Waals surface area contributed by atoms with Gasteiger partial charge in [0.25, 0.3) is 5.91 Å². The van der Waals surface area contributed by atoms with E-state index < -0.39 is 0 Å². The van der Waals surface area contributed by atoms with Crippen molar-refractivity contribution in [2.45, 2.75) is 12.8 Å². The van der Waals surface area contributed by atoms with Crippen LogP contribution in [0.15, 0.2) is 77.2 Å². The molecule has 2 N–H and O–H groups in total. The van der Waals surface area contributed by atoms with Crippen molar-refractivity contribution >= 4 is 46.0 Å². The predicted molar refractivity (Wildman–Crippen MR) is 147 cm³/mol. The molecule has 6 nitrogen and oxygen atoms in total. The second-order valence-corrected chi connectivity index (χ2v) is 9.44. The van der Waals surface area contributed by atoms with Crippen LogP contribution in [0, 0.1) is 0 Å². The monoisotopic (exact) mass is 514 g/mol. The Morgan fingerprint density at radius 3 is 2.41 bits per heavy atom. The summed E-state index contributed by atoms with van der Waals surface area (Å²) in [6.07, 6.45) is 4.16. The summed E-state index contributed by atoms with van der Waals surface area (Å²) in [5.74, 6) is 0.728. The molecule has 1 aliphatic rings. The molecule has 188 valence electrons. The fourth-order valence-corrected chi connectivity index (χ4v) is 4.60. The Bertz CT molecular complexity index is 1450. The van der Waals surface area contributed by atoms with Crippen LogP contribution in [0.4, 0.5) is 5.69 Å². The highest BCUT2D eigenvalue weighted by molar-refractivity contribution is 6.35. The maximum absolute atomic E-state index is 12.7. The number of fused-ring (bicyclic) bond motifs is 1. The lowest BCUT2D eigenvalue weighted by molar-refractivity contribution is -0.114. The quantitative estimate of drug-likeness (QED) is 0.240. The number of allylic oxidation sites excluding steroid dienone is 1. The molecule has 1 aliphatic heterocycles. The first-order valence-electron chi connectivity index (χ1n) is 12.2. The number of nitrogens with zero attached hydrogens (tertiary/aromatic N) is 1. The minimum Gasteiger partial charge on any atom is -0.459 e. The molecule has 0 unspecified atom stereocenters. The fourth-order valence-electron chi connectivity index (χ4n) is 4.33. The van der Waals surface area contributed by atoms with Gasteiger partial charge < -0.3 is 19.8 Å².